The predicted octanol–water partition coefficient (Wildman–Crippen LogP) is 0.627. The van der Waals surface area contributed by atoms with E-state index in [2.05, 4.69) is 0 Å². The van der Waals surface area contributed by atoms with Crippen LogP contribution >= 0.6 is 0 Å². The van der Waals surface area contributed by atoms with Crippen LogP contribution in [0.25, 0.3) is 0 Å². The molecular formula is C9H17NO2. The molecule has 1 rings (SSSR count). The van der Waals surface area contributed by atoms with Crippen LogP contribution in [-0.4, -0.2) is 35.6 Å². The first kappa shape index (κ1) is 9.52. The van der Waals surface area contributed by atoms with E-state index in [4.69, 9.17) is 5.11 Å². The summed E-state index contributed by atoms with van der Waals surface area (Å²) in [5.41, 5.74) is -0.593. The molecule has 1 N–H and O–H groups in total. The fourth-order valence-corrected chi connectivity index (χ4v) is 1.42. The minimum absolute atomic E-state index is 0.0671. The zero-order valence-electron chi connectivity index (χ0n) is 7.84. The summed E-state index contributed by atoms with van der Waals surface area (Å²) in [7, 11) is 0. The molecule has 0 atom stereocenters. The van der Waals surface area contributed by atoms with Crippen LogP contribution in [-0.2, 0) is 4.79 Å². The van der Waals surface area contributed by atoms with Crippen molar-refractivity contribution in [3.8, 4) is 0 Å². The summed E-state index contributed by atoms with van der Waals surface area (Å²) in [5, 5.41) is 8.98. The lowest BCUT2D eigenvalue weighted by atomic mass is 9.93. The summed E-state index contributed by atoms with van der Waals surface area (Å²) >= 11 is 0. The van der Waals surface area contributed by atoms with Crippen molar-refractivity contribution in [2.45, 2.75) is 26.7 Å². The Bertz CT molecular complexity index is 171. The zero-order valence-corrected chi connectivity index (χ0v) is 7.84. The Morgan fingerprint density at radius 3 is 2.33 bits per heavy atom. The SMILES string of the molecule is CC(C)(CO)C(=O)N1CCCC1. The lowest BCUT2D eigenvalue weighted by molar-refractivity contribution is -0.141. The second-order valence-corrected chi connectivity index (χ2v) is 4.04. The van der Waals surface area contributed by atoms with Crippen LogP contribution in [0.15, 0.2) is 0 Å². The highest BCUT2D eigenvalue weighted by atomic mass is 16.3. The van der Waals surface area contributed by atoms with E-state index in [9.17, 15) is 4.79 Å². The number of amides is 1. The number of aliphatic hydroxyl groups is 1. The van der Waals surface area contributed by atoms with Gasteiger partial charge in [0.1, 0.15) is 0 Å². The molecule has 0 radical (unpaired) electrons. The van der Waals surface area contributed by atoms with Crippen LogP contribution in [0.2, 0.25) is 0 Å². The molecule has 0 aromatic carbocycles. The Morgan fingerprint density at radius 1 is 1.42 bits per heavy atom. The Hall–Kier alpha value is -0.570. The Balaban J connectivity index is 2.56. The van der Waals surface area contributed by atoms with Gasteiger partial charge in [0.2, 0.25) is 5.91 Å². The summed E-state index contributed by atoms with van der Waals surface area (Å²) in [4.78, 5) is 13.5. The van der Waals surface area contributed by atoms with E-state index in [1.165, 1.54) is 0 Å². The van der Waals surface area contributed by atoms with Gasteiger partial charge in [-0.3, -0.25) is 4.79 Å². The maximum atomic E-state index is 11.7. The number of nitrogens with zero attached hydrogens (tertiary/aromatic N) is 1. The van der Waals surface area contributed by atoms with Crippen LogP contribution < -0.4 is 0 Å². The lowest BCUT2D eigenvalue weighted by Crippen LogP contribution is -2.41. The number of hydrogen-bond acceptors (Lipinski definition) is 2. The van der Waals surface area contributed by atoms with Gasteiger partial charge in [-0.1, -0.05) is 0 Å². The smallest absolute Gasteiger partial charge is 0.230 e. The van der Waals surface area contributed by atoms with Crippen LogP contribution in [0.3, 0.4) is 0 Å². The van der Waals surface area contributed by atoms with Crippen molar-refractivity contribution in [1.29, 1.82) is 0 Å². The normalized spacial score (nSPS) is 18.4. The minimum Gasteiger partial charge on any atom is -0.395 e. The van der Waals surface area contributed by atoms with E-state index in [0.717, 1.165) is 25.9 Å². The topological polar surface area (TPSA) is 40.5 Å². The van der Waals surface area contributed by atoms with Crippen molar-refractivity contribution in [3.05, 3.63) is 0 Å². The predicted molar refractivity (Wildman–Crippen MR) is 46.7 cm³/mol. The molecule has 0 spiro atoms. The molecule has 70 valence electrons. The molecule has 3 nitrogen and oxygen atoms in total. The van der Waals surface area contributed by atoms with Gasteiger partial charge in [0.25, 0.3) is 0 Å². The quantitative estimate of drug-likeness (QED) is 0.662. The third kappa shape index (κ3) is 1.78. The van der Waals surface area contributed by atoms with Gasteiger partial charge in [0.05, 0.1) is 12.0 Å². The van der Waals surface area contributed by atoms with Crippen molar-refractivity contribution in [3.63, 3.8) is 0 Å². The van der Waals surface area contributed by atoms with E-state index in [-0.39, 0.29) is 12.5 Å². The zero-order chi connectivity index (χ0) is 9.19. The van der Waals surface area contributed by atoms with Crippen LogP contribution in [0, 0.1) is 5.41 Å². The van der Waals surface area contributed by atoms with Gasteiger partial charge in [0, 0.05) is 13.1 Å². The largest absolute Gasteiger partial charge is 0.395 e. The first-order chi connectivity index (χ1) is 5.58. The molecule has 1 aliphatic heterocycles. The molecule has 1 fully saturated rings. The van der Waals surface area contributed by atoms with E-state index in [1.54, 1.807) is 13.8 Å². The van der Waals surface area contributed by atoms with E-state index < -0.39 is 5.41 Å². The van der Waals surface area contributed by atoms with Gasteiger partial charge in [-0.05, 0) is 26.7 Å². The summed E-state index contributed by atoms with van der Waals surface area (Å²) in [6, 6.07) is 0. The van der Waals surface area contributed by atoms with Crippen LogP contribution in [0.5, 0.6) is 0 Å². The van der Waals surface area contributed by atoms with Crippen LogP contribution in [0.1, 0.15) is 26.7 Å². The van der Waals surface area contributed by atoms with Crippen molar-refractivity contribution in [2.75, 3.05) is 19.7 Å². The third-order valence-electron chi connectivity index (χ3n) is 2.37. The Morgan fingerprint density at radius 2 is 1.92 bits per heavy atom. The molecule has 0 aliphatic carbocycles. The fourth-order valence-electron chi connectivity index (χ4n) is 1.42. The average molecular weight is 171 g/mol. The lowest BCUT2D eigenvalue weighted by Gasteiger charge is -2.26. The number of likely N-dealkylation sites (tertiary alicyclic amines) is 1. The standard InChI is InChI=1S/C9H17NO2/c1-9(2,7-11)8(12)10-5-3-4-6-10/h11H,3-7H2,1-2H3. The van der Waals surface area contributed by atoms with E-state index in [0.29, 0.717) is 0 Å². The number of aliphatic hydroxyl groups excluding tert-OH is 1. The molecular weight excluding hydrogens is 154 g/mol. The van der Waals surface area contributed by atoms with Crippen molar-refractivity contribution in [2.24, 2.45) is 5.41 Å². The molecule has 0 aromatic heterocycles. The van der Waals surface area contributed by atoms with Gasteiger partial charge in [-0.25, -0.2) is 0 Å². The molecule has 0 bridgehead atoms. The first-order valence-corrected chi connectivity index (χ1v) is 4.48. The Kier molecular flexibility index (Phi) is 2.73. The summed E-state index contributed by atoms with van der Waals surface area (Å²) in [6.07, 6.45) is 2.21. The van der Waals surface area contributed by atoms with Gasteiger partial charge in [0.15, 0.2) is 0 Å². The van der Waals surface area contributed by atoms with Gasteiger partial charge in [-0.15, -0.1) is 0 Å². The molecule has 12 heavy (non-hydrogen) atoms. The van der Waals surface area contributed by atoms with E-state index >= 15 is 0 Å². The summed E-state index contributed by atoms with van der Waals surface area (Å²) in [5.74, 6) is 0.0856. The molecule has 1 saturated heterocycles. The number of hydrogen-bond donors (Lipinski definition) is 1. The molecule has 1 aliphatic rings. The van der Waals surface area contributed by atoms with Crippen molar-refractivity contribution >= 4 is 5.91 Å². The molecule has 0 saturated carbocycles. The molecule has 1 amide bonds. The van der Waals surface area contributed by atoms with Crippen LogP contribution in [0.4, 0.5) is 0 Å². The number of carbonyl (C=O) groups excluding carboxylic acids is 1. The monoisotopic (exact) mass is 171 g/mol. The fraction of sp³-hybridized carbons (Fsp3) is 0.889. The first-order valence-electron chi connectivity index (χ1n) is 4.48. The second-order valence-electron chi connectivity index (χ2n) is 4.04. The average Bonchev–Trinajstić information content (AvgIpc) is 2.55. The van der Waals surface area contributed by atoms with E-state index in [1.807, 2.05) is 4.90 Å². The minimum atomic E-state index is -0.593. The van der Waals surface area contributed by atoms with Gasteiger partial charge >= 0.3 is 0 Å². The highest BCUT2D eigenvalue weighted by molar-refractivity contribution is 5.82. The molecule has 0 unspecified atom stereocenters. The Labute approximate surface area is 73.4 Å². The second kappa shape index (κ2) is 3.44. The highest BCUT2D eigenvalue weighted by Crippen LogP contribution is 2.20. The maximum absolute atomic E-state index is 11.7. The maximum Gasteiger partial charge on any atom is 0.230 e. The van der Waals surface area contributed by atoms with Gasteiger partial charge in [-0.2, -0.15) is 0 Å². The number of carbonyl (C=O) groups is 1. The van der Waals surface area contributed by atoms with Gasteiger partial charge < -0.3 is 10.0 Å². The third-order valence-corrected chi connectivity index (χ3v) is 2.37. The number of rotatable bonds is 2. The summed E-state index contributed by atoms with van der Waals surface area (Å²) < 4.78 is 0. The highest BCUT2D eigenvalue weighted by Gasteiger charge is 2.32. The molecule has 1 heterocycles. The molecule has 3 heteroatoms. The van der Waals surface area contributed by atoms with Crippen molar-refractivity contribution < 1.29 is 9.90 Å². The summed E-state index contributed by atoms with van der Waals surface area (Å²) in [6.45, 7) is 5.23. The molecule has 0 aromatic rings. The van der Waals surface area contributed by atoms with Crippen molar-refractivity contribution in [1.82, 2.24) is 4.90 Å².